The van der Waals surface area contributed by atoms with E-state index in [1.54, 1.807) is 0 Å². The van der Waals surface area contributed by atoms with Crippen molar-refractivity contribution in [3.63, 3.8) is 0 Å². The Bertz CT molecular complexity index is 695. The summed E-state index contributed by atoms with van der Waals surface area (Å²) in [6, 6.07) is 7.54. The summed E-state index contributed by atoms with van der Waals surface area (Å²) in [5.74, 6) is -1.97. The summed E-state index contributed by atoms with van der Waals surface area (Å²) < 4.78 is 56.6. The molecule has 1 N–H and O–H groups in total. The van der Waals surface area contributed by atoms with Crippen molar-refractivity contribution in [2.24, 2.45) is 0 Å². The Morgan fingerprint density at radius 2 is 1.86 bits per heavy atom. The number of ether oxygens (including phenoxy) is 1. The van der Waals surface area contributed by atoms with E-state index in [1.807, 2.05) is 0 Å². The number of hydrogen-bond acceptors (Lipinski definition) is 2. The number of aliphatic carboxylic acids is 1. The normalized spacial score (nSPS) is 11.3. The molecule has 7 heteroatoms. The fourth-order valence-corrected chi connectivity index (χ4v) is 1.85. The quantitative estimate of drug-likeness (QED) is 0.869. The van der Waals surface area contributed by atoms with Crippen molar-refractivity contribution in [1.29, 1.82) is 0 Å². The van der Waals surface area contributed by atoms with Crippen LogP contribution in [0.15, 0.2) is 42.5 Å². The lowest BCUT2D eigenvalue weighted by Crippen LogP contribution is -2.11. The predicted molar refractivity (Wildman–Crippen MR) is 70.0 cm³/mol. The van der Waals surface area contributed by atoms with E-state index in [2.05, 4.69) is 0 Å². The summed E-state index contributed by atoms with van der Waals surface area (Å²) in [6.07, 6.45) is -4.58. The van der Waals surface area contributed by atoms with E-state index in [0.29, 0.717) is 0 Å². The number of carboxylic acids is 1. The van der Waals surface area contributed by atoms with Crippen molar-refractivity contribution in [1.82, 2.24) is 0 Å². The van der Waals surface area contributed by atoms with E-state index >= 15 is 0 Å². The Hall–Kier alpha value is -2.57. The van der Waals surface area contributed by atoms with Crippen molar-refractivity contribution in [3.8, 4) is 16.9 Å². The van der Waals surface area contributed by atoms with Crippen molar-refractivity contribution >= 4 is 5.97 Å². The maximum atomic E-state index is 13.3. The molecule has 0 radical (unpaired) electrons. The maximum Gasteiger partial charge on any atom is 0.416 e. The van der Waals surface area contributed by atoms with Crippen molar-refractivity contribution in [3.05, 3.63) is 53.8 Å². The molecule has 0 saturated heterocycles. The summed E-state index contributed by atoms with van der Waals surface area (Å²) >= 11 is 0. The average molecular weight is 314 g/mol. The lowest BCUT2D eigenvalue weighted by atomic mass is 10.0. The van der Waals surface area contributed by atoms with Crippen LogP contribution >= 0.6 is 0 Å². The van der Waals surface area contributed by atoms with Gasteiger partial charge in [-0.05, 0) is 35.9 Å². The van der Waals surface area contributed by atoms with Gasteiger partial charge >= 0.3 is 12.1 Å². The van der Waals surface area contributed by atoms with Gasteiger partial charge in [-0.2, -0.15) is 13.2 Å². The largest absolute Gasteiger partial charge is 0.481 e. The number of carboxylic acid groups (broad SMARTS) is 1. The summed E-state index contributed by atoms with van der Waals surface area (Å²) in [5, 5.41) is 8.60. The molecule has 0 bridgehead atoms. The van der Waals surface area contributed by atoms with Gasteiger partial charge in [-0.3, -0.25) is 0 Å². The van der Waals surface area contributed by atoms with Crippen molar-refractivity contribution in [2.75, 3.05) is 6.61 Å². The Morgan fingerprint density at radius 1 is 1.14 bits per heavy atom. The van der Waals surface area contributed by atoms with Crippen LogP contribution in [-0.2, 0) is 11.0 Å². The zero-order chi connectivity index (χ0) is 16.3. The molecule has 0 aliphatic rings. The molecular weight excluding hydrogens is 304 g/mol. The van der Waals surface area contributed by atoms with Gasteiger partial charge in [-0.25, -0.2) is 9.18 Å². The van der Waals surface area contributed by atoms with Gasteiger partial charge in [0, 0.05) is 5.56 Å². The highest BCUT2D eigenvalue weighted by Crippen LogP contribution is 2.37. The van der Waals surface area contributed by atoms with Gasteiger partial charge in [-0.1, -0.05) is 12.1 Å². The number of carbonyl (C=O) groups is 1. The molecule has 0 amide bonds. The second kappa shape index (κ2) is 6.05. The van der Waals surface area contributed by atoms with Gasteiger partial charge in [0.05, 0.1) is 5.56 Å². The summed E-state index contributed by atoms with van der Waals surface area (Å²) in [5.41, 5.74) is -0.809. The Labute approximate surface area is 122 Å². The first-order valence-corrected chi connectivity index (χ1v) is 6.09. The van der Waals surface area contributed by atoms with Gasteiger partial charge in [-0.15, -0.1) is 0 Å². The lowest BCUT2D eigenvalue weighted by molar-refractivity contribution is -0.140. The first kappa shape index (κ1) is 15.8. The zero-order valence-corrected chi connectivity index (χ0v) is 11.0. The molecule has 0 aliphatic carbocycles. The molecule has 2 aromatic rings. The third kappa shape index (κ3) is 3.75. The summed E-state index contributed by atoms with van der Waals surface area (Å²) in [7, 11) is 0. The topological polar surface area (TPSA) is 46.5 Å². The Kier molecular flexibility index (Phi) is 4.35. The molecule has 2 aromatic carbocycles. The Balaban J connectivity index is 2.52. The van der Waals surface area contributed by atoms with Gasteiger partial charge < -0.3 is 9.84 Å². The van der Waals surface area contributed by atoms with Crippen LogP contribution < -0.4 is 4.74 Å². The molecule has 2 rings (SSSR count). The minimum absolute atomic E-state index is 0.0319. The monoisotopic (exact) mass is 314 g/mol. The van der Waals surface area contributed by atoms with Crippen LogP contribution in [0.2, 0.25) is 0 Å². The second-order valence-corrected chi connectivity index (χ2v) is 4.40. The van der Waals surface area contributed by atoms with Gasteiger partial charge in [0.15, 0.2) is 6.61 Å². The highest BCUT2D eigenvalue weighted by Gasteiger charge is 2.31. The second-order valence-electron chi connectivity index (χ2n) is 4.40. The fourth-order valence-electron chi connectivity index (χ4n) is 1.85. The predicted octanol–water partition coefficient (Wildman–Crippen LogP) is 3.97. The van der Waals surface area contributed by atoms with Crippen LogP contribution in [-0.4, -0.2) is 17.7 Å². The van der Waals surface area contributed by atoms with E-state index < -0.39 is 30.1 Å². The standard InChI is InChI=1S/C15H10F4O3/c16-11-3-1-2-9(6-11)12-7-10(15(17,18)19)4-5-13(12)22-8-14(20)21/h1-7H,8H2,(H,20,21). The molecule has 0 atom stereocenters. The molecular formula is C15H10F4O3. The summed E-state index contributed by atoms with van der Waals surface area (Å²) in [4.78, 5) is 10.5. The van der Waals surface area contributed by atoms with E-state index in [9.17, 15) is 22.4 Å². The average Bonchev–Trinajstić information content (AvgIpc) is 2.44. The third-order valence-electron chi connectivity index (χ3n) is 2.79. The van der Waals surface area contributed by atoms with Crippen LogP contribution in [0.4, 0.5) is 17.6 Å². The van der Waals surface area contributed by atoms with E-state index in [1.165, 1.54) is 12.1 Å². The zero-order valence-electron chi connectivity index (χ0n) is 11.0. The molecule has 116 valence electrons. The number of rotatable bonds is 4. The third-order valence-corrected chi connectivity index (χ3v) is 2.79. The molecule has 0 heterocycles. The van der Waals surface area contributed by atoms with Gasteiger partial charge in [0.25, 0.3) is 0 Å². The molecule has 0 aromatic heterocycles. The highest BCUT2D eigenvalue weighted by molar-refractivity contribution is 5.73. The fraction of sp³-hybridized carbons (Fsp3) is 0.133. The minimum atomic E-state index is -4.58. The number of alkyl halides is 3. The highest BCUT2D eigenvalue weighted by atomic mass is 19.4. The molecule has 0 aliphatic heterocycles. The first-order chi connectivity index (χ1) is 10.3. The van der Waals surface area contributed by atoms with Crippen molar-refractivity contribution in [2.45, 2.75) is 6.18 Å². The molecule has 0 spiro atoms. The van der Waals surface area contributed by atoms with Crippen LogP contribution in [0.1, 0.15) is 5.56 Å². The molecule has 0 saturated carbocycles. The van der Waals surface area contributed by atoms with Crippen LogP contribution in [0.25, 0.3) is 11.1 Å². The smallest absolute Gasteiger partial charge is 0.416 e. The van der Waals surface area contributed by atoms with Gasteiger partial charge in [0.1, 0.15) is 11.6 Å². The summed E-state index contributed by atoms with van der Waals surface area (Å²) in [6.45, 7) is -0.715. The number of benzene rings is 2. The van der Waals surface area contributed by atoms with Crippen molar-refractivity contribution < 1.29 is 32.2 Å². The molecule has 22 heavy (non-hydrogen) atoms. The lowest BCUT2D eigenvalue weighted by Gasteiger charge is -2.14. The molecule has 0 unspecified atom stereocenters. The Morgan fingerprint density at radius 3 is 2.45 bits per heavy atom. The van der Waals surface area contributed by atoms with E-state index in [0.717, 1.165) is 30.3 Å². The maximum absolute atomic E-state index is 13.3. The van der Waals surface area contributed by atoms with Crippen LogP contribution in [0, 0.1) is 5.82 Å². The van der Waals surface area contributed by atoms with E-state index in [4.69, 9.17) is 9.84 Å². The van der Waals surface area contributed by atoms with E-state index in [-0.39, 0.29) is 16.9 Å². The van der Waals surface area contributed by atoms with Crippen LogP contribution in [0.3, 0.4) is 0 Å². The SMILES string of the molecule is O=C(O)COc1ccc(C(F)(F)F)cc1-c1cccc(F)c1. The minimum Gasteiger partial charge on any atom is -0.481 e. The number of hydrogen-bond donors (Lipinski definition) is 1. The van der Waals surface area contributed by atoms with Crippen LogP contribution in [0.5, 0.6) is 5.75 Å². The van der Waals surface area contributed by atoms with Gasteiger partial charge in [0.2, 0.25) is 0 Å². The molecule has 3 nitrogen and oxygen atoms in total. The first-order valence-electron chi connectivity index (χ1n) is 6.09. The number of halogens is 4. The molecule has 0 fully saturated rings.